The average Bonchev–Trinajstić information content (AvgIpc) is 3.20. The van der Waals surface area contributed by atoms with Crippen molar-refractivity contribution < 1.29 is 14.4 Å². The van der Waals surface area contributed by atoms with Crippen LogP contribution in [-0.2, 0) is 14.4 Å². The van der Waals surface area contributed by atoms with Crippen molar-refractivity contribution in [3.63, 3.8) is 0 Å². The smallest absolute Gasteiger partial charge is 0.263 e. The molecule has 0 radical (unpaired) electrons. The second-order valence-electron chi connectivity index (χ2n) is 6.64. The number of rotatable bonds is 4. The zero-order chi connectivity index (χ0) is 20.7. The Kier molecular flexibility index (Phi) is 4.97. The molecule has 148 valence electrons. The van der Waals surface area contributed by atoms with E-state index in [9.17, 15) is 14.4 Å². The van der Waals surface area contributed by atoms with Gasteiger partial charge in [-0.15, -0.1) is 0 Å². The van der Waals surface area contributed by atoms with Gasteiger partial charge in [0.2, 0.25) is 5.91 Å². The average molecular weight is 432 g/mol. The summed E-state index contributed by atoms with van der Waals surface area (Å²) in [5, 5.41) is 12.8. The molecule has 2 aliphatic rings. The van der Waals surface area contributed by atoms with Gasteiger partial charge < -0.3 is 5.32 Å². The maximum Gasteiger partial charge on any atom is 0.263 e. The van der Waals surface area contributed by atoms with E-state index >= 15 is 0 Å². The van der Waals surface area contributed by atoms with Crippen molar-refractivity contribution in [1.82, 2.24) is 5.01 Å². The molecule has 2 heterocycles. The molecule has 2 aromatic rings. The molecule has 0 saturated carbocycles. The molecule has 0 aromatic heterocycles. The van der Waals surface area contributed by atoms with Gasteiger partial charge in [-0.1, -0.05) is 34.5 Å². The fraction of sp³-hybridized carbons (Fsp3) is 0.211. The van der Waals surface area contributed by atoms with Crippen molar-refractivity contribution >= 4 is 52.3 Å². The van der Waals surface area contributed by atoms with Crippen LogP contribution in [0.1, 0.15) is 5.56 Å². The Balaban J connectivity index is 1.49. The van der Waals surface area contributed by atoms with E-state index in [4.69, 9.17) is 23.2 Å². The molecule has 10 heteroatoms. The van der Waals surface area contributed by atoms with E-state index in [1.54, 1.807) is 49.4 Å². The van der Waals surface area contributed by atoms with Gasteiger partial charge in [0, 0.05) is 15.7 Å². The summed E-state index contributed by atoms with van der Waals surface area (Å²) in [6, 6.07) is 9.57. The molecule has 2 aliphatic heterocycles. The molecule has 0 aliphatic carbocycles. The quantitative estimate of drug-likeness (QED) is 0.751. The SMILES string of the molecule is Cc1c(Cl)cccc1NC(=O)CN1N=N[C@H]2C(=O)N(c3ccc(Cl)cc3)C(=O)[C@H]21. The lowest BCUT2D eigenvalue weighted by atomic mass is 10.1. The predicted octanol–water partition coefficient (Wildman–Crippen LogP) is 3.23. The Morgan fingerprint density at radius 2 is 1.83 bits per heavy atom. The Hall–Kier alpha value is -2.97. The first kappa shape index (κ1) is 19.4. The largest absolute Gasteiger partial charge is 0.324 e. The maximum atomic E-state index is 12.9. The fourth-order valence-electron chi connectivity index (χ4n) is 3.28. The maximum absolute atomic E-state index is 12.9. The van der Waals surface area contributed by atoms with Crippen LogP contribution in [0.3, 0.4) is 0 Å². The number of halogens is 2. The van der Waals surface area contributed by atoms with Crippen LogP contribution in [-0.4, -0.2) is 41.4 Å². The molecule has 4 rings (SSSR count). The minimum atomic E-state index is -0.973. The number of hydrogen-bond acceptors (Lipinski definition) is 6. The molecular weight excluding hydrogens is 417 g/mol. The zero-order valence-corrected chi connectivity index (χ0v) is 16.7. The van der Waals surface area contributed by atoms with Crippen LogP contribution in [0.2, 0.25) is 10.0 Å². The molecule has 1 fully saturated rings. The van der Waals surface area contributed by atoms with E-state index in [1.165, 1.54) is 5.01 Å². The molecule has 8 nitrogen and oxygen atoms in total. The van der Waals surface area contributed by atoms with Gasteiger partial charge >= 0.3 is 0 Å². The number of anilines is 2. The topological polar surface area (TPSA) is 94.4 Å². The van der Waals surface area contributed by atoms with Gasteiger partial charge in [-0.2, -0.15) is 5.11 Å². The lowest BCUT2D eigenvalue weighted by molar-refractivity contribution is -0.123. The number of nitrogens with one attached hydrogen (secondary N) is 1. The van der Waals surface area contributed by atoms with E-state index in [2.05, 4.69) is 15.7 Å². The summed E-state index contributed by atoms with van der Waals surface area (Å²) in [6.45, 7) is 1.55. The summed E-state index contributed by atoms with van der Waals surface area (Å²) in [5.74, 6) is -1.38. The number of carbonyl (C=O) groups excluding carboxylic acids is 3. The van der Waals surface area contributed by atoms with E-state index < -0.39 is 29.8 Å². The molecule has 0 spiro atoms. The highest BCUT2D eigenvalue weighted by Gasteiger charge is 2.55. The summed E-state index contributed by atoms with van der Waals surface area (Å²) in [4.78, 5) is 39.1. The summed E-state index contributed by atoms with van der Waals surface area (Å²) < 4.78 is 0. The first-order valence-electron chi connectivity index (χ1n) is 8.72. The Morgan fingerprint density at radius 1 is 1.10 bits per heavy atom. The normalized spacial score (nSPS) is 20.4. The second-order valence-corrected chi connectivity index (χ2v) is 7.48. The molecular formula is C19H15Cl2N5O3. The lowest BCUT2D eigenvalue weighted by Crippen LogP contribution is -2.43. The van der Waals surface area contributed by atoms with Crippen molar-refractivity contribution in [3.8, 4) is 0 Å². The highest BCUT2D eigenvalue weighted by atomic mass is 35.5. The molecule has 3 amide bonds. The lowest BCUT2D eigenvalue weighted by Gasteiger charge is -2.20. The summed E-state index contributed by atoms with van der Waals surface area (Å²) in [5.41, 5.74) is 1.68. The van der Waals surface area contributed by atoms with Gasteiger partial charge in [0.25, 0.3) is 11.8 Å². The van der Waals surface area contributed by atoms with Crippen LogP contribution >= 0.6 is 23.2 Å². The third-order valence-corrected chi connectivity index (χ3v) is 5.45. The standard InChI is InChI=1S/C19H15Cl2N5O3/c1-10-13(21)3-2-4-14(10)22-15(27)9-25-17-16(23-24-25)18(28)26(19(17)29)12-7-5-11(20)6-8-12/h2-8,16-17H,9H2,1H3,(H,22,27)/t16-,17+/m1/s1. The molecule has 1 saturated heterocycles. The van der Waals surface area contributed by atoms with Crippen LogP contribution in [0.15, 0.2) is 52.8 Å². The molecule has 29 heavy (non-hydrogen) atoms. The van der Waals surface area contributed by atoms with Crippen molar-refractivity contribution in [2.24, 2.45) is 10.3 Å². The number of nitrogens with zero attached hydrogens (tertiary/aromatic N) is 4. The summed E-state index contributed by atoms with van der Waals surface area (Å²) >= 11 is 11.9. The minimum Gasteiger partial charge on any atom is -0.324 e. The van der Waals surface area contributed by atoms with Crippen LogP contribution < -0.4 is 10.2 Å². The highest BCUT2D eigenvalue weighted by Crippen LogP contribution is 2.32. The third kappa shape index (κ3) is 3.45. The Bertz CT molecular complexity index is 1040. The third-order valence-electron chi connectivity index (χ3n) is 4.79. The number of amides is 3. The first-order chi connectivity index (χ1) is 13.9. The molecule has 0 bridgehead atoms. The number of carbonyl (C=O) groups is 3. The predicted molar refractivity (Wildman–Crippen MR) is 108 cm³/mol. The van der Waals surface area contributed by atoms with Gasteiger partial charge in [-0.05, 0) is 48.9 Å². The number of fused-ring (bicyclic) bond motifs is 1. The van der Waals surface area contributed by atoms with Gasteiger partial charge in [-0.3, -0.25) is 19.4 Å². The van der Waals surface area contributed by atoms with Gasteiger partial charge in [0.05, 0.1) is 5.69 Å². The fourth-order valence-corrected chi connectivity index (χ4v) is 3.58. The van der Waals surface area contributed by atoms with Crippen LogP contribution in [0.5, 0.6) is 0 Å². The molecule has 1 N–H and O–H groups in total. The van der Waals surface area contributed by atoms with Crippen LogP contribution in [0.4, 0.5) is 11.4 Å². The molecule has 0 unspecified atom stereocenters. The van der Waals surface area contributed by atoms with Crippen molar-refractivity contribution in [2.75, 3.05) is 16.8 Å². The zero-order valence-electron chi connectivity index (χ0n) is 15.2. The molecule has 2 aromatic carbocycles. The second kappa shape index (κ2) is 7.46. The summed E-state index contributed by atoms with van der Waals surface area (Å²) in [6.07, 6.45) is 0. The highest BCUT2D eigenvalue weighted by molar-refractivity contribution is 6.32. The van der Waals surface area contributed by atoms with E-state index in [0.29, 0.717) is 21.4 Å². The van der Waals surface area contributed by atoms with E-state index in [1.807, 2.05) is 0 Å². The first-order valence-corrected chi connectivity index (χ1v) is 9.48. The van der Waals surface area contributed by atoms with Crippen LogP contribution in [0.25, 0.3) is 0 Å². The van der Waals surface area contributed by atoms with E-state index in [0.717, 1.165) is 10.5 Å². The van der Waals surface area contributed by atoms with Crippen LogP contribution in [0, 0.1) is 6.92 Å². The Labute approximate surface area is 176 Å². The van der Waals surface area contributed by atoms with Crippen molar-refractivity contribution in [3.05, 3.63) is 58.1 Å². The van der Waals surface area contributed by atoms with Crippen molar-refractivity contribution in [1.29, 1.82) is 0 Å². The minimum absolute atomic E-state index is 0.232. The number of benzene rings is 2. The van der Waals surface area contributed by atoms with Gasteiger partial charge in [0.1, 0.15) is 6.54 Å². The number of hydrogen-bond donors (Lipinski definition) is 1. The Morgan fingerprint density at radius 3 is 2.55 bits per heavy atom. The summed E-state index contributed by atoms with van der Waals surface area (Å²) in [7, 11) is 0. The number of imide groups is 1. The van der Waals surface area contributed by atoms with Gasteiger partial charge in [0.15, 0.2) is 12.1 Å². The van der Waals surface area contributed by atoms with E-state index in [-0.39, 0.29) is 6.54 Å². The monoisotopic (exact) mass is 431 g/mol. The van der Waals surface area contributed by atoms with Crippen molar-refractivity contribution in [2.45, 2.75) is 19.0 Å². The molecule has 2 atom stereocenters. The van der Waals surface area contributed by atoms with Gasteiger partial charge in [-0.25, -0.2) is 4.90 Å².